The van der Waals surface area contributed by atoms with E-state index >= 15 is 0 Å². The first-order valence-electron chi connectivity index (χ1n) is 7.03. The number of nitrogens with one attached hydrogen (secondary N) is 1. The van der Waals surface area contributed by atoms with E-state index in [-0.39, 0.29) is 0 Å². The van der Waals surface area contributed by atoms with Gasteiger partial charge in [-0.15, -0.1) is 0 Å². The Balaban J connectivity index is 1.94. The van der Waals surface area contributed by atoms with E-state index in [9.17, 15) is 0 Å². The molecule has 20 heavy (non-hydrogen) atoms. The highest BCUT2D eigenvalue weighted by molar-refractivity contribution is 5.37. The molecule has 0 amide bonds. The number of nitrogens with zero attached hydrogens (tertiary/aromatic N) is 1. The number of hydrogen-bond donors (Lipinski definition) is 1. The van der Waals surface area contributed by atoms with Crippen LogP contribution in [0.3, 0.4) is 0 Å². The van der Waals surface area contributed by atoms with Crippen molar-refractivity contribution in [2.75, 3.05) is 11.9 Å². The lowest BCUT2D eigenvalue weighted by Crippen LogP contribution is -2.05. The summed E-state index contributed by atoms with van der Waals surface area (Å²) < 4.78 is 5.74. The van der Waals surface area contributed by atoms with E-state index in [0.717, 1.165) is 30.4 Å². The van der Waals surface area contributed by atoms with Crippen molar-refractivity contribution < 1.29 is 4.74 Å². The Morgan fingerprint density at radius 3 is 2.70 bits per heavy atom. The number of benzene rings is 1. The summed E-state index contributed by atoms with van der Waals surface area (Å²) in [6, 6.07) is 14.2. The van der Waals surface area contributed by atoms with E-state index in [0.29, 0.717) is 5.92 Å². The normalized spacial score (nSPS) is 10.6. The first kappa shape index (κ1) is 14.4. The van der Waals surface area contributed by atoms with Crippen molar-refractivity contribution in [2.45, 2.75) is 27.3 Å². The Morgan fingerprint density at radius 1 is 1.15 bits per heavy atom. The van der Waals surface area contributed by atoms with Crippen molar-refractivity contribution in [1.29, 1.82) is 0 Å². The minimum absolute atomic E-state index is 0.535. The van der Waals surface area contributed by atoms with E-state index in [1.165, 1.54) is 5.56 Å². The van der Waals surface area contributed by atoms with Gasteiger partial charge in [-0.1, -0.05) is 32.0 Å². The van der Waals surface area contributed by atoms with Crippen molar-refractivity contribution in [3.63, 3.8) is 0 Å². The first-order chi connectivity index (χ1) is 9.63. The molecule has 0 aliphatic rings. The van der Waals surface area contributed by atoms with Crippen molar-refractivity contribution in [3.8, 4) is 5.75 Å². The van der Waals surface area contributed by atoms with Crippen molar-refractivity contribution in [2.24, 2.45) is 5.92 Å². The molecule has 1 aromatic carbocycles. The highest BCUT2D eigenvalue weighted by atomic mass is 16.5. The maximum Gasteiger partial charge on any atom is 0.126 e. The van der Waals surface area contributed by atoms with Crippen LogP contribution < -0.4 is 10.1 Å². The minimum atomic E-state index is 0.535. The van der Waals surface area contributed by atoms with E-state index < -0.39 is 0 Å². The summed E-state index contributed by atoms with van der Waals surface area (Å²) in [4.78, 5) is 4.43. The molecule has 0 unspecified atom stereocenters. The lowest BCUT2D eigenvalue weighted by Gasteiger charge is -2.11. The van der Waals surface area contributed by atoms with Crippen LogP contribution in [0.4, 0.5) is 5.82 Å². The lowest BCUT2D eigenvalue weighted by atomic mass is 10.2. The SMILES string of the molecule is Cc1cccc(NCc2cccc(OCC(C)C)c2)n1. The Labute approximate surface area is 121 Å². The predicted octanol–water partition coefficient (Wildman–Crippen LogP) is 4.04. The molecule has 0 radical (unpaired) electrons. The topological polar surface area (TPSA) is 34.1 Å². The van der Waals surface area contributed by atoms with Crippen molar-refractivity contribution >= 4 is 5.82 Å². The van der Waals surface area contributed by atoms with Crippen LogP contribution in [0.5, 0.6) is 5.75 Å². The van der Waals surface area contributed by atoms with Gasteiger partial charge in [-0.2, -0.15) is 0 Å². The van der Waals surface area contributed by atoms with Crippen LogP contribution in [0, 0.1) is 12.8 Å². The van der Waals surface area contributed by atoms with Crippen LogP contribution in [-0.4, -0.2) is 11.6 Å². The Morgan fingerprint density at radius 2 is 1.95 bits per heavy atom. The fourth-order valence-corrected chi connectivity index (χ4v) is 1.84. The molecular formula is C17H22N2O. The van der Waals surface area contributed by atoms with Gasteiger partial charge in [0.05, 0.1) is 6.61 Å². The van der Waals surface area contributed by atoms with Crippen molar-refractivity contribution in [1.82, 2.24) is 4.98 Å². The number of hydrogen-bond acceptors (Lipinski definition) is 3. The third-order valence-corrected chi connectivity index (χ3v) is 2.84. The fraction of sp³-hybridized carbons (Fsp3) is 0.353. The number of ether oxygens (including phenoxy) is 1. The Kier molecular flexibility index (Phi) is 4.99. The number of aryl methyl sites for hydroxylation is 1. The largest absolute Gasteiger partial charge is 0.493 e. The van der Waals surface area contributed by atoms with Crippen molar-refractivity contribution in [3.05, 3.63) is 53.7 Å². The molecule has 0 atom stereocenters. The van der Waals surface area contributed by atoms with Crippen LogP contribution in [-0.2, 0) is 6.54 Å². The number of rotatable bonds is 6. The van der Waals surface area contributed by atoms with Crippen LogP contribution in [0.25, 0.3) is 0 Å². The van der Waals surface area contributed by atoms with Gasteiger partial charge in [-0.3, -0.25) is 0 Å². The van der Waals surface area contributed by atoms with Gasteiger partial charge in [-0.25, -0.2) is 4.98 Å². The molecule has 1 aromatic heterocycles. The van der Waals surface area contributed by atoms with Gasteiger partial charge in [0.1, 0.15) is 11.6 Å². The molecule has 0 saturated heterocycles. The van der Waals surface area contributed by atoms with E-state index in [1.807, 2.05) is 37.3 Å². The molecule has 2 aromatic rings. The van der Waals surface area contributed by atoms with Crippen LogP contribution in [0.2, 0.25) is 0 Å². The molecule has 0 spiro atoms. The fourth-order valence-electron chi connectivity index (χ4n) is 1.84. The third-order valence-electron chi connectivity index (χ3n) is 2.84. The maximum absolute atomic E-state index is 5.74. The van der Waals surface area contributed by atoms with Gasteiger partial charge in [0.2, 0.25) is 0 Å². The standard InChI is InChI=1S/C17H22N2O/c1-13(2)12-20-16-8-5-7-15(10-16)11-18-17-9-4-6-14(3)19-17/h4-10,13H,11-12H2,1-3H3,(H,18,19). The molecular weight excluding hydrogens is 248 g/mol. The molecule has 0 aliphatic heterocycles. The molecule has 0 saturated carbocycles. The number of anilines is 1. The average molecular weight is 270 g/mol. The Hall–Kier alpha value is -2.03. The van der Waals surface area contributed by atoms with Crippen LogP contribution in [0.15, 0.2) is 42.5 Å². The second kappa shape index (κ2) is 6.94. The predicted molar refractivity (Wildman–Crippen MR) is 83.1 cm³/mol. The average Bonchev–Trinajstić information content (AvgIpc) is 2.43. The van der Waals surface area contributed by atoms with Gasteiger partial charge in [-0.05, 0) is 42.7 Å². The zero-order valence-corrected chi connectivity index (χ0v) is 12.4. The van der Waals surface area contributed by atoms with Gasteiger partial charge in [0.25, 0.3) is 0 Å². The summed E-state index contributed by atoms with van der Waals surface area (Å²) in [6.07, 6.45) is 0. The quantitative estimate of drug-likeness (QED) is 0.860. The molecule has 1 N–H and O–H groups in total. The molecule has 2 rings (SSSR count). The monoisotopic (exact) mass is 270 g/mol. The van der Waals surface area contributed by atoms with E-state index in [2.05, 4.69) is 36.3 Å². The molecule has 0 aliphatic carbocycles. The highest BCUT2D eigenvalue weighted by Gasteiger charge is 2.00. The molecule has 1 heterocycles. The minimum Gasteiger partial charge on any atom is -0.493 e. The summed E-state index contributed by atoms with van der Waals surface area (Å²) in [5, 5.41) is 3.33. The molecule has 0 fully saturated rings. The van der Waals surface area contributed by atoms with Gasteiger partial charge < -0.3 is 10.1 Å². The lowest BCUT2D eigenvalue weighted by molar-refractivity contribution is 0.271. The van der Waals surface area contributed by atoms with Crippen LogP contribution in [0.1, 0.15) is 25.1 Å². The van der Waals surface area contributed by atoms with E-state index in [1.54, 1.807) is 0 Å². The Bertz CT molecular complexity index is 552. The second-order valence-electron chi connectivity index (χ2n) is 5.37. The molecule has 106 valence electrons. The summed E-state index contributed by atoms with van der Waals surface area (Å²) >= 11 is 0. The number of aromatic nitrogens is 1. The second-order valence-corrected chi connectivity index (χ2v) is 5.37. The summed E-state index contributed by atoms with van der Waals surface area (Å²) in [5.41, 5.74) is 2.21. The van der Waals surface area contributed by atoms with E-state index in [4.69, 9.17) is 4.74 Å². The highest BCUT2D eigenvalue weighted by Crippen LogP contribution is 2.15. The number of pyridine rings is 1. The maximum atomic E-state index is 5.74. The third kappa shape index (κ3) is 4.57. The molecule has 3 heteroatoms. The smallest absolute Gasteiger partial charge is 0.126 e. The van der Waals surface area contributed by atoms with Gasteiger partial charge >= 0.3 is 0 Å². The first-order valence-corrected chi connectivity index (χ1v) is 7.03. The zero-order valence-electron chi connectivity index (χ0n) is 12.4. The van der Waals surface area contributed by atoms with Crippen LogP contribution >= 0.6 is 0 Å². The summed E-state index contributed by atoms with van der Waals surface area (Å²) in [5.74, 6) is 2.36. The summed E-state index contributed by atoms with van der Waals surface area (Å²) in [6.45, 7) is 7.78. The molecule has 0 bridgehead atoms. The van der Waals surface area contributed by atoms with Gasteiger partial charge in [0, 0.05) is 12.2 Å². The zero-order chi connectivity index (χ0) is 14.4. The summed E-state index contributed by atoms with van der Waals surface area (Å²) in [7, 11) is 0. The molecule has 3 nitrogen and oxygen atoms in total. The van der Waals surface area contributed by atoms with Gasteiger partial charge in [0.15, 0.2) is 0 Å².